The summed E-state index contributed by atoms with van der Waals surface area (Å²) >= 11 is 0. The minimum absolute atomic E-state index is 0.133. The lowest BCUT2D eigenvalue weighted by Gasteiger charge is -2.32. The number of carbonyl (C=O) groups excluding carboxylic acids is 1. The van der Waals surface area contributed by atoms with E-state index in [1.54, 1.807) is 0 Å². The number of hydrogen-bond acceptors (Lipinski definition) is 4. The van der Waals surface area contributed by atoms with Crippen molar-refractivity contribution in [1.82, 2.24) is 5.32 Å². The van der Waals surface area contributed by atoms with Gasteiger partial charge in [0.25, 0.3) is 0 Å². The Morgan fingerprint density at radius 2 is 2.05 bits per heavy atom. The van der Waals surface area contributed by atoms with Gasteiger partial charge < -0.3 is 15.2 Å². The molecule has 1 saturated carbocycles. The molecule has 1 aliphatic carbocycles. The van der Waals surface area contributed by atoms with Crippen LogP contribution in [0.3, 0.4) is 0 Å². The van der Waals surface area contributed by atoms with Crippen molar-refractivity contribution in [3.8, 4) is 6.07 Å². The van der Waals surface area contributed by atoms with Crippen molar-refractivity contribution in [2.24, 2.45) is 11.3 Å². The first kappa shape index (κ1) is 14.3. The molecule has 1 aliphatic heterocycles. The molecule has 0 aromatic carbocycles. The van der Waals surface area contributed by atoms with E-state index in [2.05, 4.69) is 11.4 Å². The summed E-state index contributed by atoms with van der Waals surface area (Å²) in [5.74, 6) is -0.0654. The Morgan fingerprint density at radius 3 is 2.68 bits per heavy atom. The van der Waals surface area contributed by atoms with Gasteiger partial charge in [0.2, 0.25) is 5.91 Å². The van der Waals surface area contributed by atoms with E-state index in [0.717, 1.165) is 25.7 Å². The molecule has 0 radical (unpaired) electrons. The molecule has 0 spiro atoms. The van der Waals surface area contributed by atoms with Gasteiger partial charge in [-0.3, -0.25) is 4.79 Å². The van der Waals surface area contributed by atoms with E-state index in [9.17, 15) is 15.2 Å². The van der Waals surface area contributed by atoms with Crippen molar-refractivity contribution in [2.45, 2.75) is 44.6 Å². The Morgan fingerprint density at radius 1 is 1.37 bits per heavy atom. The second kappa shape index (κ2) is 6.36. The highest BCUT2D eigenvalue weighted by molar-refractivity contribution is 5.85. The van der Waals surface area contributed by atoms with E-state index in [0.29, 0.717) is 32.6 Å². The summed E-state index contributed by atoms with van der Waals surface area (Å²) in [6.45, 7) is 1.41. The molecule has 2 atom stereocenters. The molecule has 19 heavy (non-hydrogen) atoms. The van der Waals surface area contributed by atoms with E-state index in [4.69, 9.17) is 4.74 Å². The quantitative estimate of drug-likeness (QED) is 0.797. The molecule has 1 saturated heterocycles. The summed E-state index contributed by atoms with van der Waals surface area (Å²) in [6, 6.07) is 2.16. The van der Waals surface area contributed by atoms with Crippen molar-refractivity contribution in [2.75, 3.05) is 19.8 Å². The van der Waals surface area contributed by atoms with Crippen molar-refractivity contribution >= 4 is 5.91 Å². The Hall–Kier alpha value is -1.12. The highest BCUT2D eigenvalue weighted by Gasteiger charge is 2.40. The fraction of sp³-hybridized carbons (Fsp3) is 0.857. The van der Waals surface area contributed by atoms with Gasteiger partial charge in [-0.05, 0) is 25.7 Å². The van der Waals surface area contributed by atoms with Crippen LogP contribution in [0.4, 0.5) is 0 Å². The third-order valence-electron chi connectivity index (χ3n) is 4.39. The van der Waals surface area contributed by atoms with Crippen LogP contribution in [0.5, 0.6) is 0 Å². The first-order valence-electron chi connectivity index (χ1n) is 7.13. The lowest BCUT2D eigenvalue weighted by molar-refractivity contribution is -0.132. The van der Waals surface area contributed by atoms with Crippen molar-refractivity contribution in [1.29, 1.82) is 5.26 Å². The molecule has 106 valence electrons. The van der Waals surface area contributed by atoms with E-state index >= 15 is 0 Å². The topological polar surface area (TPSA) is 82.4 Å². The van der Waals surface area contributed by atoms with Crippen molar-refractivity contribution in [3.63, 3.8) is 0 Å². The van der Waals surface area contributed by atoms with E-state index in [1.165, 1.54) is 0 Å². The summed E-state index contributed by atoms with van der Waals surface area (Å²) in [4.78, 5) is 12.2. The van der Waals surface area contributed by atoms with E-state index in [-0.39, 0.29) is 17.9 Å². The zero-order chi connectivity index (χ0) is 13.7. The molecule has 5 heteroatoms. The van der Waals surface area contributed by atoms with Gasteiger partial charge in [-0.15, -0.1) is 0 Å². The number of nitrogens with one attached hydrogen (secondary N) is 1. The highest BCUT2D eigenvalue weighted by Crippen LogP contribution is 2.30. The molecule has 2 N–H and O–H groups in total. The molecule has 0 aromatic rings. The van der Waals surface area contributed by atoms with Gasteiger partial charge in [0, 0.05) is 25.7 Å². The normalized spacial score (nSPS) is 30.3. The van der Waals surface area contributed by atoms with Crippen LogP contribution in [-0.4, -0.2) is 36.9 Å². The number of amides is 1. The SMILES string of the molecule is N#CC1(C(=O)NCC2CCCCC2O)CCOCC1. The summed E-state index contributed by atoms with van der Waals surface area (Å²) in [5, 5.41) is 22.0. The molecule has 2 unspecified atom stereocenters. The summed E-state index contributed by atoms with van der Waals surface area (Å²) in [6.07, 6.45) is 4.54. The number of nitriles is 1. The number of carbonyl (C=O) groups is 1. The Bertz CT molecular complexity index is 358. The molecule has 0 aromatic heterocycles. The minimum Gasteiger partial charge on any atom is -0.393 e. The smallest absolute Gasteiger partial charge is 0.240 e. The molecule has 2 fully saturated rings. The van der Waals surface area contributed by atoms with E-state index < -0.39 is 5.41 Å². The monoisotopic (exact) mass is 266 g/mol. The molecule has 1 heterocycles. The highest BCUT2D eigenvalue weighted by atomic mass is 16.5. The van der Waals surface area contributed by atoms with Crippen LogP contribution >= 0.6 is 0 Å². The average molecular weight is 266 g/mol. The van der Waals surface area contributed by atoms with Crippen LogP contribution in [0.15, 0.2) is 0 Å². The van der Waals surface area contributed by atoms with Gasteiger partial charge in [-0.1, -0.05) is 12.8 Å². The molecular weight excluding hydrogens is 244 g/mol. The first-order chi connectivity index (χ1) is 9.18. The van der Waals surface area contributed by atoms with Crippen molar-refractivity contribution in [3.05, 3.63) is 0 Å². The number of hydrogen-bond donors (Lipinski definition) is 2. The molecule has 2 aliphatic rings. The molecular formula is C14H22N2O3. The predicted molar refractivity (Wildman–Crippen MR) is 69.1 cm³/mol. The Labute approximate surface area is 113 Å². The number of aliphatic hydroxyl groups excluding tert-OH is 1. The molecule has 2 rings (SSSR count). The van der Waals surface area contributed by atoms with Gasteiger partial charge in [-0.25, -0.2) is 0 Å². The molecule has 0 bridgehead atoms. The van der Waals surface area contributed by atoms with Crippen LogP contribution in [0, 0.1) is 22.7 Å². The van der Waals surface area contributed by atoms with Gasteiger partial charge in [0.15, 0.2) is 0 Å². The predicted octanol–water partition coefficient (Wildman–Crippen LogP) is 0.974. The van der Waals surface area contributed by atoms with Crippen LogP contribution in [-0.2, 0) is 9.53 Å². The van der Waals surface area contributed by atoms with Gasteiger partial charge >= 0.3 is 0 Å². The minimum atomic E-state index is -0.933. The van der Waals surface area contributed by atoms with E-state index in [1.807, 2.05) is 0 Å². The Balaban J connectivity index is 1.87. The lowest BCUT2D eigenvalue weighted by atomic mass is 9.80. The number of rotatable bonds is 3. The van der Waals surface area contributed by atoms with Gasteiger partial charge in [-0.2, -0.15) is 5.26 Å². The molecule has 1 amide bonds. The Kier molecular flexibility index (Phi) is 4.78. The third-order valence-corrected chi connectivity index (χ3v) is 4.39. The zero-order valence-electron chi connectivity index (χ0n) is 11.2. The summed E-state index contributed by atoms with van der Waals surface area (Å²) < 4.78 is 5.22. The fourth-order valence-corrected chi connectivity index (χ4v) is 2.93. The largest absolute Gasteiger partial charge is 0.393 e. The van der Waals surface area contributed by atoms with Gasteiger partial charge in [0.05, 0.1) is 12.2 Å². The summed E-state index contributed by atoms with van der Waals surface area (Å²) in [5.41, 5.74) is -0.933. The van der Waals surface area contributed by atoms with Crippen LogP contribution in [0.25, 0.3) is 0 Å². The van der Waals surface area contributed by atoms with Crippen LogP contribution in [0.2, 0.25) is 0 Å². The number of aliphatic hydroxyl groups is 1. The van der Waals surface area contributed by atoms with Crippen LogP contribution < -0.4 is 5.32 Å². The number of nitrogens with zero attached hydrogens (tertiary/aromatic N) is 1. The maximum atomic E-state index is 12.2. The second-order valence-corrected chi connectivity index (χ2v) is 5.63. The lowest BCUT2D eigenvalue weighted by Crippen LogP contribution is -2.46. The van der Waals surface area contributed by atoms with Gasteiger partial charge in [0.1, 0.15) is 5.41 Å². The summed E-state index contributed by atoms with van der Waals surface area (Å²) in [7, 11) is 0. The number of ether oxygens (including phenoxy) is 1. The zero-order valence-corrected chi connectivity index (χ0v) is 11.2. The second-order valence-electron chi connectivity index (χ2n) is 5.63. The maximum absolute atomic E-state index is 12.2. The third kappa shape index (κ3) is 3.26. The van der Waals surface area contributed by atoms with Crippen LogP contribution in [0.1, 0.15) is 38.5 Å². The average Bonchev–Trinajstić information content (AvgIpc) is 2.46. The standard InChI is InChI=1S/C14H22N2O3/c15-10-14(5-7-19-8-6-14)13(18)16-9-11-3-1-2-4-12(11)17/h11-12,17H,1-9H2,(H,16,18). The maximum Gasteiger partial charge on any atom is 0.240 e. The molecule has 5 nitrogen and oxygen atoms in total. The fourth-order valence-electron chi connectivity index (χ4n) is 2.93. The first-order valence-corrected chi connectivity index (χ1v) is 7.13. The van der Waals surface area contributed by atoms with Crippen molar-refractivity contribution < 1.29 is 14.6 Å².